The molecule has 5 nitrogen and oxygen atoms in total. The molecule has 1 unspecified atom stereocenters. The lowest BCUT2D eigenvalue weighted by Crippen LogP contribution is -2.32. The average molecular weight is 340 g/mol. The molecule has 132 valence electrons. The van der Waals surface area contributed by atoms with Gasteiger partial charge >= 0.3 is 0 Å². The number of ether oxygens (including phenoxy) is 1. The summed E-state index contributed by atoms with van der Waals surface area (Å²) in [5, 5.41) is 10.2. The van der Waals surface area contributed by atoms with Gasteiger partial charge in [-0.25, -0.2) is 4.98 Å². The van der Waals surface area contributed by atoms with Crippen molar-refractivity contribution in [3.8, 4) is 5.75 Å². The Hall–Kier alpha value is -2.37. The van der Waals surface area contributed by atoms with Crippen LogP contribution in [0.5, 0.6) is 5.75 Å². The van der Waals surface area contributed by atoms with Gasteiger partial charge in [-0.2, -0.15) is 0 Å². The van der Waals surface area contributed by atoms with Crippen LogP contribution in [0.1, 0.15) is 17.0 Å². The molecule has 3 rings (SSSR count). The lowest BCUT2D eigenvalue weighted by Gasteiger charge is -2.20. The van der Waals surface area contributed by atoms with Crippen LogP contribution in [0.4, 0.5) is 0 Å². The molecular weight excluding hydrogens is 316 g/mol. The van der Waals surface area contributed by atoms with Crippen molar-refractivity contribution >= 4 is 11.1 Å². The Labute approximate surface area is 147 Å². The number of oxazole rings is 1. The second-order valence-electron chi connectivity index (χ2n) is 6.51. The Kier molecular flexibility index (Phi) is 5.36. The van der Waals surface area contributed by atoms with E-state index in [1.54, 1.807) is 0 Å². The monoisotopic (exact) mass is 340 g/mol. The van der Waals surface area contributed by atoms with Gasteiger partial charge in [0.05, 0.1) is 6.54 Å². The zero-order valence-electron chi connectivity index (χ0n) is 14.9. The Morgan fingerprint density at radius 2 is 2.00 bits per heavy atom. The number of aliphatic hydroxyl groups excluding tert-OH is 1. The number of aryl methyl sites for hydroxylation is 2. The SMILES string of the molecule is Cc1ccc(C)c(OCC(O)CN(C)Cc2nc3ccccc3o2)c1. The van der Waals surface area contributed by atoms with E-state index >= 15 is 0 Å². The number of hydrogen-bond donors (Lipinski definition) is 1. The first-order valence-electron chi connectivity index (χ1n) is 8.42. The molecule has 0 radical (unpaired) electrons. The lowest BCUT2D eigenvalue weighted by molar-refractivity contribution is 0.0719. The molecular formula is C20H24N2O3. The predicted octanol–water partition coefficient (Wildman–Crippen LogP) is 3.32. The molecule has 2 aromatic carbocycles. The maximum absolute atomic E-state index is 10.2. The van der Waals surface area contributed by atoms with Crippen LogP contribution in [0.2, 0.25) is 0 Å². The van der Waals surface area contributed by atoms with E-state index in [4.69, 9.17) is 9.15 Å². The molecule has 3 aromatic rings. The number of para-hydroxylation sites is 2. The molecule has 0 saturated carbocycles. The molecule has 0 aliphatic heterocycles. The fraction of sp³-hybridized carbons (Fsp3) is 0.350. The normalized spacial score (nSPS) is 12.7. The third kappa shape index (κ3) is 4.59. The van der Waals surface area contributed by atoms with Gasteiger partial charge in [0.1, 0.15) is 24.0 Å². The first-order valence-corrected chi connectivity index (χ1v) is 8.42. The van der Waals surface area contributed by atoms with Gasteiger partial charge < -0.3 is 14.3 Å². The summed E-state index contributed by atoms with van der Waals surface area (Å²) in [5.41, 5.74) is 3.84. The van der Waals surface area contributed by atoms with Crippen molar-refractivity contribution in [2.24, 2.45) is 0 Å². The number of aliphatic hydroxyl groups is 1. The van der Waals surface area contributed by atoms with E-state index in [-0.39, 0.29) is 6.61 Å². The zero-order chi connectivity index (χ0) is 17.8. The molecule has 0 amide bonds. The highest BCUT2D eigenvalue weighted by molar-refractivity contribution is 5.72. The molecule has 1 heterocycles. The largest absolute Gasteiger partial charge is 0.491 e. The molecule has 0 spiro atoms. The lowest BCUT2D eigenvalue weighted by atomic mass is 10.1. The van der Waals surface area contributed by atoms with Gasteiger partial charge in [0.2, 0.25) is 5.89 Å². The Morgan fingerprint density at radius 1 is 1.20 bits per heavy atom. The molecule has 0 fully saturated rings. The standard InChI is InChI=1S/C20H24N2O3/c1-14-8-9-15(2)19(10-14)24-13-16(23)11-22(3)12-20-21-17-6-4-5-7-18(17)25-20/h4-10,16,23H,11-13H2,1-3H3. The van der Waals surface area contributed by atoms with Crippen LogP contribution in [0.3, 0.4) is 0 Å². The summed E-state index contributed by atoms with van der Waals surface area (Å²) in [6.07, 6.45) is -0.589. The minimum Gasteiger partial charge on any atom is -0.491 e. The van der Waals surface area contributed by atoms with Gasteiger partial charge in [-0.05, 0) is 50.2 Å². The first-order chi connectivity index (χ1) is 12.0. The van der Waals surface area contributed by atoms with E-state index in [2.05, 4.69) is 4.98 Å². The number of likely N-dealkylation sites (N-methyl/N-ethyl adjacent to an activating group) is 1. The van der Waals surface area contributed by atoms with Crippen LogP contribution < -0.4 is 4.74 Å². The van der Waals surface area contributed by atoms with E-state index in [1.807, 2.05) is 68.3 Å². The Balaban J connectivity index is 1.51. The number of hydrogen-bond acceptors (Lipinski definition) is 5. The topological polar surface area (TPSA) is 58.7 Å². The number of rotatable bonds is 7. The molecule has 0 bridgehead atoms. The number of aromatic nitrogens is 1. The fourth-order valence-electron chi connectivity index (χ4n) is 2.74. The van der Waals surface area contributed by atoms with Gasteiger partial charge in [0.25, 0.3) is 0 Å². The van der Waals surface area contributed by atoms with Crippen LogP contribution in [0.15, 0.2) is 46.9 Å². The average Bonchev–Trinajstić information content (AvgIpc) is 2.97. The van der Waals surface area contributed by atoms with Crippen LogP contribution in [-0.2, 0) is 6.54 Å². The Morgan fingerprint density at radius 3 is 2.80 bits per heavy atom. The van der Waals surface area contributed by atoms with Gasteiger partial charge in [-0.1, -0.05) is 24.3 Å². The molecule has 0 saturated heterocycles. The fourth-order valence-corrected chi connectivity index (χ4v) is 2.74. The maximum atomic E-state index is 10.2. The van der Waals surface area contributed by atoms with E-state index in [1.165, 1.54) is 0 Å². The van der Waals surface area contributed by atoms with Crippen LogP contribution in [-0.4, -0.2) is 41.3 Å². The number of fused-ring (bicyclic) bond motifs is 1. The smallest absolute Gasteiger partial charge is 0.209 e. The van der Waals surface area contributed by atoms with Gasteiger partial charge in [-0.3, -0.25) is 4.90 Å². The zero-order valence-corrected chi connectivity index (χ0v) is 14.9. The van der Waals surface area contributed by atoms with Gasteiger partial charge in [0, 0.05) is 6.54 Å². The summed E-state index contributed by atoms with van der Waals surface area (Å²) in [4.78, 5) is 6.43. The summed E-state index contributed by atoms with van der Waals surface area (Å²) in [5.74, 6) is 1.46. The highest BCUT2D eigenvalue weighted by Crippen LogP contribution is 2.19. The van der Waals surface area contributed by atoms with E-state index in [0.717, 1.165) is 28.0 Å². The second-order valence-corrected chi connectivity index (χ2v) is 6.51. The van der Waals surface area contributed by atoms with Crippen molar-refractivity contribution in [2.75, 3.05) is 20.2 Å². The van der Waals surface area contributed by atoms with Crippen molar-refractivity contribution < 1.29 is 14.3 Å². The van der Waals surface area contributed by atoms with Crippen molar-refractivity contribution in [3.05, 3.63) is 59.5 Å². The molecule has 1 N–H and O–H groups in total. The first kappa shape index (κ1) is 17.5. The minimum absolute atomic E-state index is 0.252. The molecule has 25 heavy (non-hydrogen) atoms. The highest BCUT2D eigenvalue weighted by Gasteiger charge is 2.13. The van der Waals surface area contributed by atoms with E-state index in [0.29, 0.717) is 19.0 Å². The summed E-state index contributed by atoms with van der Waals surface area (Å²) in [6, 6.07) is 13.8. The van der Waals surface area contributed by atoms with E-state index < -0.39 is 6.10 Å². The van der Waals surface area contributed by atoms with Crippen molar-refractivity contribution in [1.29, 1.82) is 0 Å². The summed E-state index contributed by atoms with van der Waals surface area (Å²) in [6.45, 7) is 5.29. The molecule has 1 atom stereocenters. The predicted molar refractivity (Wildman–Crippen MR) is 97.8 cm³/mol. The van der Waals surface area contributed by atoms with Gasteiger partial charge in [-0.15, -0.1) is 0 Å². The highest BCUT2D eigenvalue weighted by atomic mass is 16.5. The van der Waals surface area contributed by atoms with E-state index in [9.17, 15) is 5.11 Å². The molecule has 0 aliphatic rings. The minimum atomic E-state index is -0.589. The maximum Gasteiger partial charge on any atom is 0.209 e. The van der Waals surface area contributed by atoms with Crippen LogP contribution in [0.25, 0.3) is 11.1 Å². The second kappa shape index (κ2) is 7.68. The third-order valence-corrected chi connectivity index (χ3v) is 4.04. The molecule has 1 aromatic heterocycles. The Bertz CT molecular complexity index is 811. The van der Waals surface area contributed by atoms with Crippen LogP contribution >= 0.6 is 0 Å². The van der Waals surface area contributed by atoms with Crippen molar-refractivity contribution in [3.63, 3.8) is 0 Å². The number of nitrogens with zero attached hydrogens (tertiary/aromatic N) is 2. The number of benzene rings is 2. The van der Waals surface area contributed by atoms with Crippen LogP contribution in [0, 0.1) is 13.8 Å². The van der Waals surface area contributed by atoms with Gasteiger partial charge in [0.15, 0.2) is 5.58 Å². The molecule has 0 aliphatic carbocycles. The quantitative estimate of drug-likeness (QED) is 0.715. The third-order valence-electron chi connectivity index (χ3n) is 4.04. The summed E-state index contributed by atoms with van der Waals surface area (Å²) in [7, 11) is 1.93. The summed E-state index contributed by atoms with van der Waals surface area (Å²) < 4.78 is 11.5. The summed E-state index contributed by atoms with van der Waals surface area (Å²) >= 11 is 0. The van der Waals surface area contributed by atoms with Crippen molar-refractivity contribution in [1.82, 2.24) is 9.88 Å². The van der Waals surface area contributed by atoms with Crippen molar-refractivity contribution in [2.45, 2.75) is 26.5 Å². The molecule has 5 heteroatoms.